The van der Waals surface area contributed by atoms with Crippen molar-refractivity contribution >= 4 is 47.6 Å². The molecule has 0 bridgehead atoms. The van der Waals surface area contributed by atoms with Crippen LogP contribution in [0.3, 0.4) is 0 Å². The van der Waals surface area contributed by atoms with E-state index >= 15 is 0 Å². The van der Waals surface area contributed by atoms with Crippen LogP contribution in [0.1, 0.15) is 119 Å². The predicted molar refractivity (Wildman–Crippen MR) is 189 cm³/mol. The number of hydrogen-bond acceptors (Lipinski definition) is 12. The summed E-state index contributed by atoms with van der Waals surface area (Å²) in [6.45, 7) is 12.7. The third-order valence-electron chi connectivity index (χ3n) is 7.58. The minimum absolute atomic E-state index is 0.0181. The first-order chi connectivity index (χ1) is 23.6. The minimum atomic E-state index is -0.901. The fraction of sp³-hybridized carbons (Fsp3) is 0.829. The number of nitrogens with one attached hydrogen (secondary N) is 3. The highest BCUT2D eigenvalue weighted by molar-refractivity contribution is 7.99. The van der Waals surface area contributed by atoms with Gasteiger partial charge in [0.1, 0.15) is 29.9 Å². The van der Waals surface area contributed by atoms with Gasteiger partial charge >= 0.3 is 24.0 Å². The zero-order chi connectivity index (χ0) is 37.5. The monoisotopic (exact) mass is 731 g/mol. The summed E-state index contributed by atoms with van der Waals surface area (Å²) in [6, 6.07) is 0. The van der Waals surface area contributed by atoms with Crippen LogP contribution in [0.25, 0.3) is 0 Å². The molecule has 50 heavy (non-hydrogen) atoms. The first kappa shape index (κ1) is 45.0. The van der Waals surface area contributed by atoms with E-state index in [1.54, 1.807) is 11.8 Å². The Kier molecular flexibility index (Phi) is 22.5. The molecule has 0 aromatic carbocycles. The number of esters is 3. The quantitative estimate of drug-likeness (QED) is 0.0758. The first-order valence-corrected chi connectivity index (χ1v) is 18.9. The van der Waals surface area contributed by atoms with Crippen molar-refractivity contribution < 1.29 is 52.5 Å². The van der Waals surface area contributed by atoms with Crippen LogP contribution in [0.4, 0.5) is 4.79 Å². The number of rotatable bonds is 23. The largest absolute Gasteiger partial charge is 0.463 e. The van der Waals surface area contributed by atoms with Crippen LogP contribution in [-0.2, 0) is 47.7 Å². The molecular weight excluding hydrogens is 670 g/mol. The van der Waals surface area contributed by atoms with Gasteiger partial charge in [0.25, 0.3) is 0 Å². The summed E-state index contributed by atoms with van der Waals surface area (Å²) in [7, 11) is 0. The second-order valence-electron chi connectivity index (χ2n) is 13.5. The molecule has 1 aliphatic heterocycles. The van der Waals surface area contributed by atoms with Crippen molar-refractivity contribution in [3.05, 3.63) is 0 Å². The summed E-state index contributed by atoms with van der Waals surface area (Å²) in [5, 5.41) is 8.60. The van der Waals surface area contributed by atoms with E-state index in [9.17, 15) is 28.8 Å². The molecule has 1 rings (SSSR count). The van der Waals surface area contributed by atoms with Crippen LogP contribution >= 0.6 is 11.8 Å². The van der Waals surface area contributed by atoms with Crippen molar-refractivity contribution in [2.75, 3.05) is 32.0 Å². The summed E-state index contributed by atoms with van der Waals surface area (Å²) < 4.78 is 27.5. The Morgan fingerprint density at radius 2 is 1.16 bits per heavy atom. The summed E-state index contributed by atoms with van der Waals surface area (Å²) >= 11 is 1.56. The van der Waals surface area contributed by atoms with Gasteiger partial charge in [0.15, 0.2) is 6.10 Å². The van der Waals surface area contributed by atoms with E-state index < -0.39 is 47.9 Å². The van der Waals surface area contributed by atoms with Crippen molar-refractivity contribution in [2.24, 2.45) is 5.92 Å². The molecule has 5 atom stereocenters. The van der Waals surface area contributed by atoms with Gasteiger partial charge in [0.2, 0.25) is 11.8 Å². The normalized spacial score (nSPS) is 20.3. The molecule has 15 heteroatoms. The third-order valence-corrected chi connectivity index (χ3v) is 8.97. The molecule has 3 N–H and O–H groups in total. The van der Waals surface area contributed by atoms with E-state index in [2.05, 4.69) is 16.0 Å². The first-order valence-electron chi connectivity index (χ1n) is 17.8. The predicted octanol–water partition coefficient (Wildman–Crippen LogP) is 4.56. The molecule has 2 unspecified atom stereocenters. The van der Waals surface area contributed by atoms with Gasteiger partial charge in [-0.05, 0) is 65.0 Å². The Bertz CT molecular complexity index is 1070. The molecule has 0 aliphatic carbocycles. The van der Waals surface area contributed by atoms with E-state index in [0.717, 1.165) is 63.5 Å². The van der Waals surface area contributed by atoms with Gasteiger partial charge in [0.05, 0.1) is 0 Å². The fourth-order valence-electron chi connectivity index (χ4n) is 5.18. The number of ether oxygens (including phenoxy) is 5. The smallest absolute Gasteiger partial charge is 0.407 e. The highest BCUT2D eigenvalue weighted by Crippen LogP contribution is 2.36. The molecule has 288 valence electrons. The Morgan fingerprint density at radius 3 is 1.66 bits per heavy atom. The van der Waals surface area contributed by atoms with Crippen LogP contribution < -0.4 is 16.0 Å². The molecule has 3 amide bonds. The van der Waals surface area contributed by atoms with Crippen LogP contribution in [0.2, 0.25) is 0 Å². The van der Waals surface area contributed by atoms with E-state index in [-0.39, 0.29) is 29.8 Å². The lowest BCUT2D eigenvalue weighted by atomic mass is 9.93. The molecule has 14 nitrogen and oxygen atoms in total. The van der Waals surface area contributed by atoms with Gasteiger partial charge in [-0.3, -0.25) is 24.0 Å². The fourth-order valence-corrected chi connectivity index (χ4v) is 6.46. The van der Waals surface area contributed by atoms with E-state index in [0.29, 0.717) is 32.5 Å². The summed E-state index contributed by atoms with van der Waals surface area (Å²) in [6.07, 6.45) is 5.46. The molecule has 0 radical (unpaired) electrons. The third kappa shape index (κ3) is 21.9. The van der Waals surface area contributed by atoms with Gasteiger partial charge in [0, 0.05) is 59.2 Å². The van der Waals surface area contributed by atoms with Crippen molar-refractivity contribution in [2.45, 2.75) is 148 Å². The highest BCUT2D eigenvalue weighted by Gasteiger charge is 2.48. The Hall–Kier alpha value is -3.07. The lowest BCUT2D eigenvalue weighted by molar-refractivity contribution is -0.217. The Morgan fingerprint density at radius 1 is 0.660 bits per heavy atom. The van der Waals surface area contributed by atoms with Crippen molar-refractivity contribution in [1.82, 2.24) is 16.0 Å². The SMILES string of the molecule is CC(=O)OCC1O[C@@H](SCCCCCNC(=O)CCCCCNC(=O)CCCCCNC(=O)OC(C)(C)C)C(C)[C@@H](OC(C)=O)[C@H]1OC(C)=O. The lowest BCUT2D eigenvalue weighted by Crippen LogP contribution is -2.57. The van der Waals surface area contributed by atoms with Gasteiger partial charge in [-0.1, -0.05) is 26.2 Å². The summed E-state index contributed by atoms with van der Waals surface area (Å²) in [5.74, 6) is -1.04. The van der Waals surface area contributed by atoms with Crippen LogP contribution in [-0.4, -0.2) is 97.2 Å². The number of hydrogen-bond donors (Lipinski definition) is 3. The molecular formula is C35H61N3O11S. The van der Waals surface area contributed by atoms with Crippen molar-refractivity contribution in [1.29, 1.82) is 0 Å². The molecule has 0 saturated carbocycles. The zero-order valence-electron chi connectivity index (χ0n) is 31.1. The molecule has 0 aromatic rings. The van der Waals surface area contributed by atoms with Crippen LogP contribution in [0, 0.1) is 5.92 Å². The number of carbonyl (C=O) groups excluding carboxylic acids is 6. The Balaban J connectivity index is 2.16. The maximum absolute atomic E-state index is 12.2. The maximum atomic E-state index is 12.2. The summed E-state index contributed by atoms with van der Waals surface area (Å²) in [5.41, 5.74) is -0.888. The highest BCUT2D eigenvalue weighted by atomic mass is 32.2. The maximum Gasteiger partial charge on any atom is 0.407 e. The van der Waals surface area contributed by atoms with Gasteiger partial charge in [-0.25, -0.2) is 4.79 Å². The number of amides is 3. The molecule has 1 fully saturated rings. The molecule has 0 spiro atoms. The molecule has 1 aliphatic rings. The number of thioether (sulfide) groups is 1. The van der Waals surface area contributed by atoms with E-state index in [1.165, 1.54) is 20.8 Å². The number of alkyl carbamates (subject to hydrolysis) is 1. The van der Waals surface area contributed by atoms with Gasteiger partial charge in [-0.15, -0.1) is 11.8 Å². The molecule has 1 saturated heterocycles. The second kappa shape index (κ2) is 25.0. The molecule has 0 aromatic heterocycles. The van der Waals surface area contributed by atoms with Crippen LogP contribution in [0.15, 0.2) is 0 Å². The van der Waals surface area contributed by atoms with Crippen LogP contribution in [0.5, 0.6) is 0 Å². The Labute approximate surface area is 301 Å². The standard InChI is InChI=1S/C35H61N3O11S/c1-24-31(46-26(3)40)32(47-27(4)41)28(23-45-25(2)39)48-33(24)50-22-16-10-15-20-37-30(43)17-11-8-13-19-36-29(42)18-12-9-14-21-38-34(44)49-35(5,6)7/h24,28,31-33H,8-23H2,1-7H3,(H,36,42)(H,37,43)(H,38,44)/t24?,28?,31-,32+,33+/m1/s1. The zero-order valence-corrected chi connectivity index (χ0v) is 31.9. The van der Waals surface area contributed by atoms with Gasteiger partial charge in [-0.2, -0.15) is 0 Å². The lowest BCUT2D eigenvalue weighted by Gasteiger charge is -2.44. The van der Waals surface area contributed by atoms with Crippen molar-refractivity contribution in [3.63, 3.8) is 0 Å². The number of carbonyl (C=O) groups is 6. The summed E-state index contributed by atoms with van der Waals surface area (Å²) in [4.78, 5) is 70.9. The average Bonchev–Trinajstić information content (AvgIpc) is 3.00. The van der Waals surface area contributed by atoms with Crippen molar-refractivity contribution in [3.8, 4) is 0 Å². The minimum Gasteiger partial charge on any atom is -0.463 e. The second-order valence-corrected chi connectivity index (χ2v) is 14.7. The average molecular weight is 732 g/mol. The number of unbranched alkanes of at least 4 members (excludes halogenated alkanes) is 6. The topological polar surface area (TPSA) is 185 Å². The molecule has 1 heterocycles. The van der Waals surface area contributed by atoms with E-state index in [4.69, 9.17) is 23.7 Å². The van der Waals surface area contributed by atoms with Gasteiger partial charge < -0.3 is 39.6 Å². The van der Waals surface area contributed by atoms with E-state index in [1.807, 2.05) is 27.7 Å².